The summed E-state index contributed by atoms with van der Waals surface area (Å²) in [5.41, 5.74) is 8.13. The normalized spacial score (nSPS) is 17.8. The first-order chi connectivity index (χ1) is 17.3. The number of ether oxygens (including phenoxy) is 1. The number of carbonyl (C=O) groups excluding carboxylic acids is 3. The summed E-state index contributed by atoms with van der Waals surface area (Å²) in [6.45, 7) is 5.20. The first-order valence-corrected chi connectivity index (χ1v) is 12.3. The summed E-state index contributed by atoms with van der Waals surface area (Å²) in [7, 11) is 0. The molecule has 0 aliphatic carbocycles. The van der Waals surface area contributed by atoms with Crippen molar-refractivity contribution in [1.82, 2.24) is 15.1 Å². The molecule has 2 amide bonds. The van der Waals surface area contributed by atoms with E-state index in [-0.39, 0.29) is 36.8 Å². The molecule has 1 aliphatic heterocycles. The van der Waals surface area contributed by atoms with Crippen molar-refractivity contribution in [2.24, 2.45) is 5.73 Å². The molecule has 1 aliphatic rings. The van der Waals surface area contributed by atoms with Crippen LogP contribution in [0.2, 0.25) is 0 Å². The fraction of sp³-hybridized carbons (Fsp3) is 0.444. The molecule has 0 saturated carbocycles. The SMILES string of the molecule is CCOC(=O)CNC(=O)[C@H](Cc1ccccc1)N1CCN(C(=O)[C@@H](N)Cc2ccc(O)cc2)[C@@H](C)C1. The lowest BCUT2D eigenvalue weighted by Gasteiger charge is -2.43. The first-order valence-electron chi connectivity index (χ1n) is 12.3. The summed E-state index contributed by atoms with van der Waals surface area (Å²) < 4.78 is 4.93. The fourth-order valence-corrected chi connectivity index (χ4v) is 4.50. The van der Waals surface area contributed by atoms with Crippen LogP contribution in [0.1, 0.15) is 25.0 Å². The van der Waals surface area contributed by atoms with Gasteiger partial charge in [0.2, 0.25) is 11.8 Å². The van der Waals surface area contributed by atoms with Crippen LogP contribution in [-0.2, 0) is 32.0 Å². The van der Waals surface area contributed by atoms with Crippen molar-refractivity contribution >= 4 is 17.8 Å². The molecule has 1 saturated heterocycles. The van der Waals surface area contributed by atoms with Crippen molar-refractivity contribution < 1.29 is 24.2 Å². The number of phenols is 1. The lowest BCUT2D eigenvalue weighted by molar-refractivity contribution is -0.144. The van der Waals surface area contributed by atoms with Gasteiger partial charge in [-0.3, -0.25) is 19.3 Å². The molecule has 3 atom stereocenters. The lowest BCUT2D eigenvalue weighted by Crippen LogP contribution is -2.62. The van der Waals surface area contributed by atoms with E-state index in [1.54, 1.807) is 36.1 Å². The number of phenolic OH excluding ortho intramolecular Hbond substituents is 1. The van der Waals surface area contributed by atoms with E-state index in [2.05, 4.69) is 10.2 Å². The number of nitrogens with two attached hydrogens (primary N) is 1. The number of benzene rings is 2. The van der Waals surface area contributed by atoms with Gasteiger partial charge in [0.25, 0.3) is 0 Å². The quantitative estimate of drug-likeness (QED) is 0.421. The number of esters is 1. The molecule has 0 unspecified atom stereocenters. The summed E-state index contributed by atoms with van der Waals surface area (Å²) in [6.07, 6.45) is 0.857. The third-order valence-electron chi connectivity index (χ3n) is 6.38. The van der Waals surface area contributed by atoms with E-state index in [0.29, 0.717) is 32.5 Å². The molecular formula is C27H36N4O5. The van der Waals surface area contributed by atoms with E-state index >= 15 is 0 Å². The van der Waals surface area contributed by atoms with Crippen LogP contribution in [0, 0.1) is 0 Å². The number of hydrogen-bond acceptors (Lipinski definition) is 7. The van der Waals surface area contributed by atoms with E-state index in [4.69, 9.17) is 10.5 Å². The van der Waals surface area contributed by atoms with Crippen molar-refractivity contribution in [2.45, 2.75) is 44.8 Å². The van der Waals surface area contributed by atoms with Crippen molar-refractivity contribution in [1.29, 1.82) is 0 Å². The summed E-state index contributed by atoms with van der Waals surface area (Å²) in [5.74, 6) is -0.694. The molecule has 3 rings (SSSR count). The van der Waals surface area contributed by atoms with Gasteiger partial charge in [-0.25, -0.2) is 0 Å². The first kappa shape index (κ1) is 27.2. The highest BCUT2D eigenvalue weighted by molar-refractivity contribution is 5.86. The maximum absolute atomic E-state index is 13.1. The molecule has 0 aromatic heterocycles. The van der Waals surface area contributed by atoms with Crippen molar-refractivity contribution in [3.8, 4) is 5.75 Å². The minimum Gasteiger partial charge on any atom is -0.508 e. The molecule has 9 nitrogen and oxygen atoms in total. The van der Waals surface area contributed by atoms with E-state index in [9.17, 15) is 19.5 Å². The van der Waals surface area contributed by atoms with Gasteiger partial charge < -0.3 is 25.8 Å². The molecule has 0 spiro atoms. The van der Waals surface area contributed by atoms with Crippen LogP contribution in [0.15, 0.2) is 54.6 Å². The Bertz CT molecular complexity index is 1010. The number of nitrogens with one attached hydrogen (secondary N) is 1. The Labute approximate surface area is 212 Å². The van der Waals surface area contributed by atoms with Gasteiger partial charge in [0.1, 0.15) is 12.3 Å². The molecule has 0 bridgehead atoms. The van der Waals surface area contributed by atoms with Crippen molar-refractivity contribution in [2.75, 3.05) is 32.8 Å². The number of carbonyl (C=O) groups is 3. The average molecular weight is 497 g/mol. The third-order valence-corrected chi connectivity index (χ3v) is 6.38. The maximum atomic E-state index is 13.1. The molecule has 194 valence electrons. The van der Waals surface area contributed by atoms with Crippen LogP contribution < -0.4 is 11.1 Å². The van der Waals surface area contributed by atoms with Gasteiger partial charge in [-0.2, -0.15) is 0 Å². The number of rotatable bonds is 10. The van der Waals surface area contributed by atoms with Crippen LogP contribution in [0.3, 0.4) is 0 Å². The van der Waals surface area contributed by atoms with Gasteiger partial charge in [-0.15, -0.1) is 0 Å². The largest absolute Gasteiger partial charge is 0.508 e. The Morgan fingerprint density at radius 2 is 1.72 bits per heavy atom. The van der Waals surface area contributed by atoms with Crippen molar-refractivity contribution in [3.63, 3.8) is 0 Å². The summed E-state index contributed by atoms with van der Waals surface area (Å²) in [5, 5.41) is 12.2. The Morgan fingerprint density at radius 1 is 1.06 bits per heavy atom. The Kier molecular flexibility index (Phi) is 9.84. The predicted octanol–water partition coefficient (Wildman–Crippen LogP) is 1.09. The van der Waals surface area contributed by atoms with Crippen LogP contribution in [0.5, 0.6) is 5.75 Å². The predicted molar refractivity (Wildman–Crippen MR) is 136 cm³/mol. The molecule has 2 aromatic carbocycles. The molecule has 1 fully saturated rings. The molecule has 2 aromatic rings. The second kappa shape index (κ2) is 13.0. The molecule has 9 heteroatoms. The van der Waals surface area contributed by atoms with Crippen LogP contribution in [0.25, 0.3) is 0 Å². The number of amides is 2. The fourth-order valence-electron chi connectivity index (χ4n) is 4.50. The second-order valence-corrected chi connectivity index (χ2v) is 9.08. The highest BCUT2D eigenvalue weighted by atomic mass is 16.5. The molecule has 36 heavy (non-hydrogen) atoms. The van der Waals surface area contributed by atoms with Gasteiger partial charge >= 0.3 is 5.97 Å². The van der Waals surface area contributed by atoms with Gasteiger partial charge in [-0.05, 0) is 49.9 Å². The minimum absolute atomic E-state index is 0.137. The highest BCUT2D eigenvalue weighted by Gasteiger charge is 2.35. The lowest BCUT2D eigenvalue weighted by atomic mass is 10.0. The topological polar surface area (TPSA) is 125 Å². The Morgan fingerprint density at radius 3 is 2.36 bits per heavy atom. The Balaban J connectivity index is 1.65. The Hall–Kier alpha value is -3.43. The maximum Gasteiger partial charge on any atom is 0.325 e. The van der Waals surface area contributed by atoms with E-state index in [1.807, 2.05) is 37.3 Å². The molecule has 1 heterocycles. The van der Waals surface area contributed by atoms with Gasteiger partial charge in [-0.1, -0.05) is 42.5 Å². The van der Waals surface area contributed by atoms with Gasteiger partial charge in [0, 0.05) is 25.7 Å². The summed E-state index contributed by atoms with van der Waals surface area (Å²) in [6, 6.07) is 15.1. The highest BCUT2D eigenvalue weighted by Crippen LogP contribution is 2.18. The van der Waals surface area contributed by atoms with Gasteiger partial charge in [0.05, 0.1) is 18.7 Å². The van der Waals surface area contributed by atoms with Crippen molar-refractivity contribution in [3.05, 3.63) is 65.7 Å². The molecule has 4 N–H and O–H groups in total. The third kappa shape index (κ3) is 7.53. The van der Waals surface area contributed by atoms with E-state index < -0.39 is 18.1 Å². The zero-order valence-corrected chi connectivity index (χ0v) is 20.9. The second-order valence-electron chi connectivity index (χ2n) is 9.08. The van der Waals surface area contributed by atoms with Crippen LogP contribution in [0.4, 0.5) is 0 Å². The number of piperazine rings is 1. The van der Waals surface area contributed by atoms with Crippen LogP contribution in [-0.4, -0.2) is 83.6 Å². The summed E-state index contributed by atoms with van der Waals surface area (Å²) in [4.78, 5) is 41.9. The van der Waals surface area contributed by atoms with Crippen LogP contribution >= 0.6 is 0 Å². The minimum atomic E-state index is -0.698. The number of nitrogens with zero attached hydrogens (tertiary/aromatic N) is 2. The monoisotopic (exact) mass is 496 g/mol. The standard InChI is InChI=1S/C27H36N4O5/c1-3-36-25(33)17-29-26(34)24(16-20-7-5-4-6-8-20)30-13-14-31(19(2)18-30)27(35)23(28)15-21-9-11-22(32)12-10-21/h4-12,19,23-24,32H,3,13-18,28H2,1-2H3,(H,29,34)/t19-,23-,24-/m0/s1. The summed E-state index contributed by atoms with van der Waals surface area (Å²) >= 11 is 0. The van der Waals surface area contributed by atoms with E-state index in [0.717, 1.165) is 11.1 Å². The molecule has 0 radical (unpaired) electrons. The van der Waals surface area contributed by atoms with Gasteiger partial charge in [0.15, 0.2) is 0 Å². The zero-order chi connectivity index (χ0) is 26.1. The smallest absolute Gasteiger partial charge is 0.325 e. The average Bonchev–Trinajstić information content (AvgIpc) is 2.87. The van der Waals surface area contributed by atoms with E-state index in [1.165, 1.54) is 0 Å². The number of aromatic hydroxyl groups is 1. The number of hydrogen-bond donors (Lipinski definition) is 3. The zero-order valence-electron chi connectivity index (χ0n) is 20.9. The molecular weight excluding hydrogens is 460 g/mol.